The fourth-order valence-electron chi connectivity index (χ4n) is 5.39. The van der Waals surface area contributed by atoms with Crippen molar-refractivity contribution in [2.45, 2.75) is 31.4 Å². The minimum atomic E-state index is -0.435. The van der Waals surface area contributed by atoms with Crippen molar-refractivity contribution in [2.24, 2.45) is 11.8 Å². The Hall–Kier alpha value is -3.05. The van der Waals surface area contributed by atoms with Gasteiger partial charge in [-0.05, 0) is 55.0 Å². The van der Waals surface area contributed by atoms with Gasteiger partial charge in [0.25, 0.3) is 0 Å². The van der Waals surface area contributed by atoms with Crippen LogP contribution in [0.25, 0.3) is 10.9 Å². The molecule has 5 atom stereocenters. The zero-order valence-electron chi connectivity index (χ0n) is 18.0. The average Bonchev–Trinajstić information content (AvgIpc) is 2.84. The van der Waals surface area contributed by atoms with Crippen molar-refractivity contribution in [3.63, 3.8) is 0 Å². The average molecular weight is 431 g/mol. The first-order chi connectivity index (χ1) is 15.6. The predicted octanol–water partition coefficient (Wildman–Crippen LogP) is 5.10. The van der Waals surface area contributed by atoms with Crippen LogP contribution in [-0.2, 0) is 16.0 Å². The zero-order valence-corrected chi connectivity index (χ0v) is 18.0. The molecule has 6 rings (SSSR count). The Kier molecular flexibility index (Phi) is 5.75. The number of benzene rings is 2. The van der Waals surface area contributed by atoms with Crippen molar-refractivity contribution in [2.75, 3.05) is 13.1 Å². The van der Waals surface area contributed by atoms with Crippen LogP contribution in [-0.4, -0.2) is 35.0 Å². The summed E-state index contributed by atoms with van der Waals surface area (Å²) in [6, 6.07) is 16.3. The Labute approximate surface area is 187 Å². The number of ether oxygens (including phenoxy) is 1. The Morgan fingerprint density at radius 3 is 2.81 bits per heavy atom. The summed E-state index contributed by atoms with van der Waals surface area (Å²) in [5.74, 6) is 0.223. The summed E-state index contributed by atoms with van der Waals surface area (Å²) >= 11 is 0. The maximum absolute atomic E-state index is 14.1. The monoisotopic (exact) mass is 430 g/mol. The van der Waals surface area contributed by atoms with Gasteiger partial charge in [-0.1, -0.05) is 42.5 Å². The third kappa shape index (κ3) is 3.93. The summed E-state index contributed by atoms with van der Waals surface area (Å²) in [7, 11) is 0. The number of piperidine rings is 3. The maximum Gasteiger partial charge on any atom is 0.311 e. The molecule has 0 aliphatic carbocycles. The van der Waals surface area contributed by atoms with Crippen LogP contribution in [0.4, 0.5) is 4.39 Å². The first-order valence-corrected chi connectivity index (χ1v) is 11.3. The molecule has 4 nitrogen and oxygen atoms in total. The zero-order chi connectivity index (χ0) is 22.1. The van der Waals surface area contributed by atoms with Gasteiger partial charge in [0.2, 0.25) is 0 Å². The van der Waals surface area contributed by atoms with E-state index in [4.69, 9.17) is 4.74 Å². The first kappa shape index (κ1) is 20.8. The Morgan fingerprint density at radius 2 is 2.03 bits per heavy atom. The normalized spacial score (nSPS) is 25.4. The summed E-state index contributed by atoms with van der Waals surface area (Å²) in [4.78, 5) is 19.9. The van der Waals surface area contributed by atoms with Crippen molar-refractivity contribution in [1.82, 2.24) is 9.88 Å². The predicted molar refractivity (Wildman–Crippen MR) is 122 cm³/mol. The van der Waals surface area contributed by atoms with Gasteiger partial charge in [0, 0.05) is 23.7 Å². The SMILES string of the molecule is C=C[C@H]1CN2CC[C@H]1C[C@@H]2[C@@H](OC(=O)Cc1ccccc1F)c1ccnc2ccccc12. The molecule has 4 heterocycles. The lowest BCUT2D eigenvalue weighted by molar-refractivity contribution is -0.156. The van der Waals surface area contributed by atoms with Crippen molar-refractivity contribution in [1.29, 1.82) is 0 Å². The van der Waals surface area contributed by atoms with Gasteiger partial charge in [-0.2, -0.15) is 0 Å². The van der Waals surface area contributed by atoms with Crippen LogP contribution in [0.3, 0.4) is 0 Å². The molecular formula is C27H27FN2O2. The number of hydrogen-bond donors (Lipinski definition) is 0. The molecule has 5 heteroatoms. The molecule has 3 fully saturated rings. The number of esters is 1. The van der Waals surface area contributed by atoms with E-state index in [9.17, 15) is 9.18 Å². The number of carbonyl (C=O) groups excluding carboxylic acids is 1. The highest BCUT2D eigenvalue weighted by Crippen LogP contribution is 2.43. The van der Waals surface area contributed by atoms with Gasteiger partial charge in [-0.25, -0.2) is 4.39 Å². The van der Waals surface area contributed by atoms with E-state index in [1.165, 1.54) is 6.07 Å². The van der Waals surface area contributed by atoms with E-state index in [-0.39, 0.29) is 18.3 Å². The molecule has 0 saturated carbocycles. The highest BCUT2D eigenvalue weighted by molar-refractivity contribution is 5.83. The van der Waals surface area contributed by atoms with Crippen LogP contribution in [0.15, 0.2) is 73.4 Å². The highest BCUT2D eigenvalue weighted by atomic mass is 19.1. The van der Waals surface area contributed by atoms with Gasteiger partial charge < -0.3 is 4.74 Å². The summed E-state index contributed by atoms with van der Waals surface area (Å²) in [6.07, 6.45) is 5.41. The molecule has 3 aliphatic heterocycles. The number of pyridine rings is 1. The van der Waals surface area contributed by atoms with Crippen molar-refractivity contribution < 1.29 is 13.9 Å². The second-order valence-corrected chi connectivity index (χ2v) is 8.84. The second-order valence-electron chi connectivity index (χ2n) is 8.84. The second kappa shape index (κ2) is 8.83. The van der Waals surface area contributed by atoms with Crippen molar-refractivity contribution in [3.8, 4) is 0 Å². The number of hydrogen-bond acceptors (Lipinski definition) is 4. The number of rotatable bonds is 6. The number of para-hydroxylation sites is 1. The summed E-state index contributed by atoms with van der Waals surface area (Å²) in [5, 5.41) is 0.988. The van der Waals surface area contributed by atoms with E-state index < -0.39 is 12.1 Å². The molecule has 2 aromatic carbocycles. The molecule has 1 unspecified atom stereocenters. The quantitative estimate of drug-likeness (QED) is 0.403. The smallest absolute Gasteiger partial charge is 0.311 e. The van der Waals surface area contributed by atoms with E-state index in [0.717, 1.165) is 42.4 Å². The third-order valence-corrected chi connectivity index (χ3v) is 7.04. The van der Waals surface area contributed by atoms with Gasteiger partial charge in [-0.3, -0.25) is 14.7 Å². The largest absolute Gasteiger partial charge is 0.456 e. The lowest BCUT2D eigenvalue weighted by Crippen LogP contribution is -2.55. The summed E-state index contributed by atoms with van der Waals surface area (Å²) in [6.45, 7) is 5.94. The van der Waals surface area contributed by atoms with Crippen LogP contribution in [0.5, 0.6) is 0 Å². The molecule has 3 aliphatic rings. The molecule has 3 saturated heterocycles. The van der Waals surface area contributed by atoms with E-state index in [2.05, 4.69) is 22.5 Å². The van der Waals surface area contributed by atoms with Gasteiger partial charge in [0.15, 0.2) is 0 Å². The Morgan fingerprint density at radius 1 is 1.22 bits per heavy atom. The number of aromatic nitrogens is 1. The van der Waals surface area contributed by atoms with Crippen molar-refractivity contribution in [3.05, 3.63) is 90.4 Å². The molecule has 164 valence electrons. The van der Waals surface area contributed by atoms with E-state index in [0.29, 0.717) is 17.4 Å². The molecule has 0 radical (unpaired) electrons. The molecule has 1 aromatic heterocycles. The summed E-state index contributed by atoms with van der Waals surface area (Å²) < 4.78 is 20.3. The third-order valence-electron chi connectivity index (χ3n) is 7.04. The van der Waals surface area contributed by atoms with Gasteiger partial charge >= 0.3 is 5.97 Å². The molecule has 0 N–H and O–H groups in total. The number of fused-ring (bicyclic) bond motifs is 4. The van der Waals surface area contributed by atoms with E-state index >= 15 is 0 Å². The molecule has 0 amide bonds. The van der Waals surface area contributed by atoms with E-state index in [1.54, 1.807) is 24.4 Å². The fraction of sp³-hybridized carbons (Fsp3) is 0.333. The number of carbonyl (C=O) groups is 1. The Bertz CT molecular complexity index is 1140. The minimum absolute atomic E-state index is 0.0836. The van der Waals surface area contributed by atoms with Crippen LogP contribution >= 0.6 is 0 Å². The highest BCUT2D eigenvalue weighted by Gasteiger charge is 2.44. The van der Waals surface area contributed by atoms with Gasteiger partial charge in [0.05, 0.1) is 18.0 Å². The van der Waals surface area contributed by atoms with Gasteiger partial charge in [0.1, 0.15) is 11.9 Å². The lowest BCUT2D eigenvalue weighted by atomic mass is 9.73. The minimum Gasteiger partial charge on any atom is -0.456 e. The van der Waals surface area contributed by atoms with E-state index in [1.807, 2.05) is 30.3 Å². The van der Waals surface area contributed by atoms with Crippen LogP contribution in [0.2, 0.25) is 0 Å². The first-order valence-electron chi connectivity index (χ1n) is 11.3. The molecule has 2 bridgehead atoms. The molecular weight excluding hydrogens is 403 g/mol. The fourth-order valence-corrected chi connectivity index (χ4v) is 5.39. The lowest BCUT2D eigenvalue weighted by Gasteiger charge is -2.51. The molecule has 32 heavy (non-hydrogen) atoms. The number of nitrogens with zero attached hydrogens (tertiary/aromatic N) is 2. The summed E-state index contributed by atoms with van der Waals surface area (Å²) in [5.41, 5.74) is 2.19. The Balaban J connectivity index is 1.49. The standard InChI is InChI=1S/C27H27FN2O2/c1-2-18-17-30-14-12-19(18)15-25(30)27(22-11-13-29-24-10-6-4-8-21(22)24)32-26(31)16-20-7-3-5-9-23(20)28/h2-11,13,18-19,25,27H,1,12,14-17H2/t18-,19-,25+,27-/m0/s1. The maximum atomic E-state index is 14.1. The van der Waals surface area contributed by atoms with Crippen LogP contribution in [0, 0.1) is 17.7 Å². The van der Waals surface area contributed by atoms with Crippen molar-refractivity contribution >= 4 is 16.9 Å². The van der Waals surface area contributed by atoms with Crippen LogP contribution < -0.4 is 0 Å². The molecule has 3 aromatic rings. The molecule has 0 spiro atoms. The number of halogens is 1. The topological polar surface area (TPSA) is 42.4 Å². The van der Waals surface area contributed by atoms with Gasteiger partial charge in [-0.15, -0.1) is 6.58 Å². The van der Waals surface area contributed by atoms with Crippen LogP contribution in [0.1, 0.15) is 30.1 Å².